The first-order valence-electron chi connectivity index (χ1n) is 6.26. The minimum Gasteiger partial charge on any atom is -0.303 e. The molecule has 0 spiro atoms. The van der Waals surface area contributed by atoms with Crippen LogP contribution in [0.1, 0.15) is 0 Å². The molecule has 0 aliphatic carbocycles. The molecule has 0 unspecified atom stereocenters. The monoisotopic (exact) mass is 736 g/mol. The fourth-order valence-electron chi connectivity index (χ4n) is 0.298. The Labute approximate surface area is 201 Å². The van der Waals surface area contributed by atoms with Gasteiger partial charge in [-0.05, 0) is 0 Å². The van der Waals surface area contributed by atoms with Gasteiger partial charge in [0.2, 0.25) is 0 Å². The first kappa shape index (κ1) is 41.1. The van der Waals surface area contributed by atoms with E-state index in [-0.39, 0.29) is 39.9 Å². The van der Waals surface area contributed by atoms with Crippen LogP contribution in [0.15, 0.2) is 0 Å². The van der Waals surface area contributed by atoms with E-state index in [1.165, 1.54) is 0 Å². The molecule has 0 aliphatic rings. The Morgan fingerprint density at radius 3 is 0.448 bits per heavy atom. The quantitative estimate of drug-likeness (QED) is 0.259. The standard InChI is InChI=1S/4C2H7O4P.Th/c4*1-5-7(3,4)6-2;/h4*1-2H3,(H,3,4);. The van der Waals surface area contributed by atoms with Crippen LogP contribution >= 0.6 is 31.3 Å². The minimum atomic E-state index is -3.65. The molecular weight excluding hydrogens is 708 g/mol. The molecule has 0 radical (unpaired) electrons. The van der Waals surface area contributed by atoms with Crippen molar-refractivity contribution in [1.29, 1.82) is 0 Å². The van der Waals surface area contributed by atoms with E-state index in [1.54, 1.807) is 0 Å². The predicted octanol–water partition coefficient (Wildman–Crippen LogP) is 1.52. The Bertz CT molecular complexity index is 429. The molecule has 4 N–H and O–H groups in total. The van der Waals surface area contributed by atoms with Crippen molar-refractivity contribution < 1.29 is 114 Å². The van der Waals surface area contributed by atoms with E-state index in [4.69, 9.17) is 19.6 Å². The predicted molar refractivity (Wildman–Crippen MR) is 95.4 cm³/mol. The van der Waals surface area contributed by atoms with E-state index >= 15 is 0 Å². The van der Waals surface area contributed by atoms with Crippen LogP contribution in [0.4, 0.5) is 0 Å². The van der Waals surface area contributed by atoms with Crippen LogP contribution in [0.5, 0.6) is 0 Å². The second kappa shape index (κ2) is 21.6. The molecule has 180 valence electrons. The number of hydrogen-bond acceptors (Lipinski definition) is 12. The molecule has 0 rings (SSSR count). The summed E-state index contributed by atoms with van der Waals surface area (Å²) in [4.78, 5) is 33.0. The van der Waals surface area contributed by atoms with Gasteiger partial charge in [0.25, 0.3) is 0 Å². The maximum Gasteiger partial charge on any atom is 0.471 e. The SMILES string of the molecule is COP(=O)(O)OC.COP(=O)(O)OC.COP(=O)(O)OC.COP(=O)(O)OC.[Th]. The molecular formula is C8H28O16P4Th. The number of hydrogen-bond donors (Lipinski definition) is 4. The van der Waals surface area contributed by atoms with Crippen LogP contribution in [0.25, 0.3) is 0 Å². The molecule has 0 aromatic rings. The second-order valence-corrected chi connectivity index (χ2v) is 10.0. The van der Waals surface area contributed by atoms with Gasteiger partial charge in [0.05, 0.1) is 0 Å². The molecule has 21 heteroatoms. The summed E-state index contributed by atoms with van der Waals surface area (Å²) in [5.74, 6) is 0. The van der Waals surface area contributed by atoms with E-state index in [9.17, 15) is 18.3 Å². The topological polar surface area (TPSA) is 223 Å². The molecule has 0 saturated carbocycles. The Balaban J connectivity index is -0.0000000873. The third-order valence-electron chi connectivity index (χ3n) is 1.85. The summed E-state index contributed by atoms with van der Waals surface area (Å²) in [6, 6.07) is 0. The average molecular weight is 736 g/mol. The number of phosphoric ester groups is 4. The molecule has 0 aromatic heterocycles. The maximum atomic E-state index is 10.1. The van der Waals surface area contributed by atoms with Crippen LogP contribution in [0.3, 0.4) is 0 Å². The zero-order chi connectivity index (χ0) is 23.7. The summed E-state index contributed by atoms with van der Waals surface area (Å²) in [5, 5.41) is 0. The van der Waals surface area contributed by atoms with Gasteiger partial charge in [-0.1, -0.05) is 0 Å². The van der Waals surface area contributed by atoms with Gasteiger partial charge in [-0.25, -0.2) is 18.3 Å². The summed E-state index contributed by atoms with van der Waals surface area (Å²) < 4.78 is 72.1. The first-order chi connectivity index (χ1) is 12.5. The molecule has 16 nitrogen and oxygen atoms in total. The van der Waals surface area contributed by atoms with E-state index in [0.717, 1.165) is 56.9 Å². The third kappa shape index (κ3) is 34.6. The fourth-order valence-corrected chi connectivity index (χ4v) is 0.894. The molecule has 29 heavy (non-hydrogen) atoms. The van der Waals surface area contributed by atoms with Gasteiger partial charge in [0, 0.05) is 96.8 Å². The Hall–Kier alpha value is 1.76. The van der Waals surface area contributed by atoms with Crippen LogP contribution < -0.4 is 0 Å². The smallest absolute Gasteiger partial charge is 0.303 e. The van der Waals surface area contributed by atoms with Crippen LogP contribution in [-0.4, -0.2) is 76.5 Å². The summed E-state index contributed by atoms with van der Waals surface area (Å²) in [7, 11) is -5.81. The van der Waals surface area contributed by atoms with Crippen molar-refractivity contribution in [3.05, 3.63) is 0 Å². The van der Waals surface area contributed by atoms with Crippen LogP contribution in [0.2, 0.25) is 0 Å². The zero-order valence-corrected chi connectivity index (χ0v) is 24.7. The van der Waals surface area contributed by atoms with Crippen molar-refractivity contribution in [2.75, 3.05) is 56.9 Å². The average Bonchev–Trinajstić information content (AvgIpc) is 2.69. The maximum absolute atomic E-state index is 10.1. The van der Waals surface area contributed by atoms with Crippen molar-refractivity contribution >= 4 is 31.3 Å². The molecule has 0 fully saturated rings. The summed E-state index contributed by atoms with van der Waals surface area (Å²) in [6.45, 7) is 0. The fraction of sp³-hybridized carbons (Fsp3) is 1.00. The Morgan fingerprint density at radius 1 is 0.379 bits per heavy atom. The van der Waals surface area contributed by atoms with Crippen LogP contribution in [-0.2, 0) is 54.5 Å². The van der Waals surface area contributed by atoms with Gasteiger partial charge >= 0.3 is 31.3 Å². The van der Waals surface area contributed by atoms with Crippen molar-refractivity contribution in [2.24, 2.45) is 0 Å². The zero-order valence-electron chi connectivity index (χ0n) is 17.0. The first-order valence-corrected chi connectivity index (χ1v) is 12.2. The molecule has 0 heterocycles. The normalized spacial score (nSPS) is 11.4. The molecule has 0 aliphatic heterocycles. The van der Waals surface area contributed by atoms with E-state index in [1.807, 2.05) is 0 Å². The summed E-state index contributed by atoms with van der Waals surface area (Å²) >= 11 is 0. The van der Waals surface area contributed by atoms with Gasteiger partial charge in [-0.2, -0.15) is 0 Å². The van der Waals surface area contributed by atoms with Crippen molar-refractivity contribution in [2.45, 2.75) is 0 Å². The largest absolute Gasteiger partial charge is 0.471 e. The Morgan fingerprint density at radius 2 is 0.448 bits per heavy atom. The van der Waals surface area contributed by atoms with Gasteiger partial charge in [-0.3, -0.25) is 36.2 Å². The van der Waals surface area contributed by atoms with Gasteiger partial charge < -0.3 is 19.6 Å². The number of rotatable bonds is 8. The molecule has 0 aromatic carbocycles. The summed E-state index contributed by atoms with van der Waals surface area (Å²) in [5.41, 5.74) is 0. The van der Waals surface area contributed by atoms with Gasteiger partial charge in [0.15, 0.2) is 0 Å². The molecule has 0 amide bonds. The van der Waals surface area contributed by atoms with Gasteiger partial charge in [0.1, 0.15) is 0 Å². The number of phosphoric acid groups is 4. The summed E-state index contributed by atoms with van der Waals surface area (Å²) in [6.07, 6.45) is 0. The van der Waals surface area contributed by atoms with E-state index in [2.05, 4.69) is 36.2 Å². The van der Waals surface area contributed by atoms with Crippen molar-refractivity contribution in [3.8, 4) is 0 Å². The van der Waals surface area contributed by atoms with Gasteiger partial charge in [-0.15, -0.1) is 0 Å². The van der Waals surface area contributed by atoms with Crippen molar-refractivity contribution in [3.63, 3.8) is 0 Å². The van der Waals surface area contributed by atoms with Crippen molar-refractivity contribution in [1.82, 2.24) is 0 Å². The third-order valence-corrected chi connectivity index (χ3v) is 5.54. The van der Waals surface area contributed by atoms with E-state index < -0.39 is 31.3 Å². The van der Waals surface area contributed by atoms with Crippen LogP contribution in [0, 0.1) is 39.9 Å². The molecule has 0 bridgehead atoms. The minimum absolute atomic E-state index is 0. The van der Waals surface area contributed by atoms with E-state index in [0.29, 0.717) is 0 Å². The molecule has 0 atom stereocenters. The Kier molecular flexibility index (Phi) is 30.6. The second-order valence-electron chi connectivity index (χ2n) is 3.33. The molecule has 0 saturated heterocycles.